The summed E-state index contributed by atoms with van der Waals surface area (Å²) in [5, 5.41) is 9.04. The van der Waals surface area contributed by atoms with E-state index < -0.39 is 18.4 Å². The van der Waals surface area contributed by atoms with E-state index in [1.54, 1.807) is 0 Å². The van der Waals surface area contributed by atoms with E-state index in [9.17, 15) is 4.79 Å². The predicted molar refractivity (Wildman–Crippen MR) is 136 cm³/mol. The number of carbonyl (C=O) groups is 1. The van der Waals surface area contributed by atoms with Crippen molar-refractivity contribution in [2.45, 2.75) is 12.2 Å². The lowest BCUT2D eigenvalue weighted by molar-refractivity contribution is 0.116. The number of hydrogen-bond donors (Lipinski definition) is 0. The van der Waals surface area contributed by atoms with Gasteiger partial charge in [0.2, 0.25) is 0 Å². The van der Waals surface area contributed by atoms with Gasteiger partial charge in [0.15, 0.2) is 12.2 Å². The highest BCUT2D eigenvalue weighted by molar-refractivity contribution is 6.01. The number of cyclic esters (lactones) is 2. The van der Waals surface area contributed by atoms with Crippen molar-refractivity contribution in [3.8, 4) is 0 Å². The molecule has 0 spiro atoms. The Morgan fingerprint density at radius 2 is 0.824 bits per heavy atom. The van der Waals surface area contributed by atoms with E-state index in [-0.39, 0.29) is 0 Å². The van der Waals surface area contributed by atoms with Gasteiger partial charge in [-0.05, 0) is 67.4 Å². The zero-order chi connectivity index (χ0) is 22.6. The van der Waals surface area contributed by atoms with Gasteiger partial charge in [0.05, 0.1) is 0 Å². The second-order valence-electron chi connectivity index (χ2n) is 8.86. The predicted octanol–water partition coefficient (Wildman–Crippen LogP) is 8.25. The van der Waals surface area contributed by atoms with Gasteiger partial charge in [-0.3, -0.25) is 0 Å². The molecule has 2 unspecified atom stereocenters. The molecule has 1 aliphatic rings. The van der Waals surface area contributed by atoms with E-state index >= 15 is 0 Å². The third kappa shape index (κ3) is 2.94. The van der Waals surface area contributed by atoms with Gasteiger partial charge in [0, 0.05) is 11.1 Å². The van der Waals surface area contributed by atoms with Gasteiger partial charge in [-0.1, -0.05) is 84.9 Å². The molecule has 2 atom stereocenters. The fourth-order valence-corrected chi connectivity index (χ4v) is 5.29. The van der Waals surface area contributed by atoms with Crippen molar-refractivity contribution in [2.75, 3.05) is 0 Å². The molecule has 1 saturated heterocycles. The van der Waals surface area contributed by atoms with Crippen molar-refractivity contribution < 1.29 is 14.3 Å². The second-order valence-corrected chi connectivity index (χ2v) is 8.86. The van der Waals surface area contributed by atoms with Crippen LogP contribution in [0.15, 0.2) is 109 Å². The third-order valence-electron chi connectivity index (χ3n) is 6.90. The maximum Gasteiger partial charge on any atom is 0.509 e. The highest BCUT2D eigenvalue weighted by Gasteiger charge is 2.40. The van der Waals surface area contributed by atoms with Gasteiger partial charge in [-0.25, -0.2) is 4.79 Å². The molecule has 6 aromatic carbocycles. The van der Waals surface area contributed by atoms with E-state index in [4.69, 9.17) is 9.47 Å². The topological polar surface area (TPSA) is 35.5 Å². The van der Waals surface area contributed by atoms with Gasteiger partial charge >= 0.3 is 6.16 Å². The first-order valence-corrected chi connectivity index (χ1v) is 11.4. The number of hydrogen-bond acceptors (Lipinski definition) is 3. The molecule has 0 aliphatic carbocycles. The fraction of sp³-hybridized carbons (Fsp3) is 0.0645. The summed E-state index contributed by atoms with van der Waals surface area (Å²) in [6.45, 7) is 0. The highest BCUT2D eigenvalue weighted by atomic mass is 16.8. The molecular formula is C31H20O3. The number of rotatable bonds is 2. The van der Waals surface area contributed by atoms with Crippen molar-refractivity contribution in [1.82, 2.24) is 0 Å². The Labute approximate surface area is 196 Å². The molecule has 6 aromatic rings. The van der Waals surface area contributed by atoms with Crippen molar-refractivity contribution >= 4 is 49.2 Å². The average Bonchev–Trinajstić information content (AvgIpc) is 3.26. The van der Waals surface area contributed by atoms with Crippen LogP contribution in [0.3, 0.4) is 0 Å². The molecule has 1 fully saturated rings. The summed E-state index contributed by atoms with van der Waals surface area (Å²) < 4.78 is 11.6. The lowest BCUT2D eigenvalue weighted by atomic mass is 9.90. The van der Waals surface area contributed by atoms with Gasteiger partial charge in [0.1, 0.15) is 0 Å². The summed E-state index contributed by atoms with van der Waals surface area (Å²) in [4.78, 5) is 12.5. The first-order chi connectivity index (χ1) is 16.7. The van der Waals surface area contributed by atoms with Crippen LogP contribution in [0.1, 0.15) is 23.3 Å². The van der Waals surface area contributed by atoms with Crippen LogP contribution in [0.25, 0.3) is 43.1 Å². The summed E-state index contributed by atoms with van der Waals surface area (Å²) in [6, 6.07) is 37.7. The Morgan fingerprint density at radius 1 is 0.441 bits per heavy atom. The van der Waals surface area contributed by atoms with Crippen LogP contribution in [0.5, 0.6) is 0 Å². The van der Waals surface area contributed by atoms with E-state index in [0.717, 1.165) is 43.4 Å². The molecule has 3 nitrogen and oxygen atoms in total. The highest BCUT2D eigenvalue weighted by Crippen LogP contribution is 2.45. The normalized spacial score (nSPS) is 17.9. The number of ether oxygens (including phenoxy) is 2. The van der Waals surface area contributed by atoms with Crippen LogP contribution >= 0.6 is 0 Å². The minimum absolute atomic E-state index is 0.533. The van der Waals surface area contributed by atoms with Crippen molar-refractivity contribution in [3.63, 3.8) is 0 Å². The number of carbonyl (C=O) groups excluding carboxylic acids is 1. The summed E-state index contributed by atoms with van der Waals surface area (Å²) in [5.74, 6) is 0. The first-order valence-electron chi connectivity index (χ1n) is 11.4. The van der Waals surface area contributed by atoms with Gasteiger partial charge in [0.25, 0.3) is 0 Å². The lowest BCUT2D eigenvalue weighted by Crippen LogP contribution is -2.08. The summed E-state index contributed by atoms with van der Waals surface area (Å²) in [6.07, 6.45) is -1.70. The molecular weight excluding hydrogens is 420 g/mol. The monoisotopic (exact) mass is 440 g/mol. The molecule has 0 bridgehead atoms. The second kappa shape index (κ2) is 7.32. The molecule has 0 radical (unpaired) electrons. The molecule has 1 aliphatic heterocycles. The number of benzene rings is 6. The fourth-order valence-electron chi connectivity index (χ4n) is 5.29. The maximum absolute atomic E-state index is 12.5. The lowest BCUT2D eigenvalue weighted by Gasteiger charge is -2.20. The van der Waals surface area contributed by atoms with Gasteiger partial charge in [-0.2, -0.15) is 0 Å². The van der Waals surface area contributed by atoms with Crippen molar-refractivity contribution in [3.05, 3.63) is 120 Å². The molecule has 162 valence electrons. The smallest absolute Gasteiger partial charge is 0.422 e. The van der Waals surface area contributed by atoms with Gasteiger partial charge < -0.3 is 9.47 Å². The zero-order valence-corrected chi connectivity index (χ0v) is 18.3. The first kappa shape index (κ1) is 19.1. The summed E-state index contributed by atoms with van der Waals surface area (Å²) in [7, 11) is 0. The molecule has 34 heavy (non-hydrogen) atoms. The van der Waals surface area contributed by atoms with Crippen LogP contribution in [0.4, 0.5) is 4.79 Å². The van der Waals surface area contributed by atoms with E-state index in [2.05, 4.69) is 60.7 Å². The van der Waals surface area contributed by atoms with Gasteiger partial charge in [-0.15, -0.1) is 0 Å². The SMILES string of the molecule is O=C1OC(c2cccc3cc4ccccc4cc23)C(c2cccc3cc4ccccc4cc23)O1. The average molecular weight is 440 g/mol. The molecule has 1 heterocycles. The van der Waals surface area contributed by atoms with E-state index in [0.29, 0.717) is 0 Å². The summed E-state index contributed by atoms with van der Waals surface area (Å²) in [5.41, 5.74) is 1.91. The van der Waals surface area contributed by atoms with Crippen LogP contribution in [-0.4, -0.2) is 6.16 Å². The molecule has 0 N–H and O–H groups in total. The van der Waals surface area contributed by atoms with Crippen LogP contribution in [0.2, 0.25) is 0 Å². The van der Waals surface area contributed by atoms with E-state index in [1.807, 2.05) is 48.5 Å². The quantitative estimate of drug-likeness (QED) is 0.201. The standard InChI is InChI=1S/C31H20O3/c32-31-33-29(25-13-5-11-23-15-19-7-1-3-9-21(19)17-27(23)25)30(34-31)26-14-6-12-24-16-20-8-2-4-10-22(20)18-28(24)26/h1-18,29-30H. The van der Waals surface area contributed by atoms with Crippen molar-refractivity contribution in [2.24, 2.45) is 0 Å². The van der Waals surface area contributed by atoms with Crippen LogP contribution < -0.4 is 0 Å². The Balaban J connectivity index is 1.43. The molecule has 0 aromatic heterocycles. The molecule has 0 saturated carbocycles. The molecule has 7 rings (SSSR count). The minimum atomic E-state index is -0.634. The zero-order valence-electron chi connectivity index (χ0n) is 18.3. The van der Waals surface area contributed by atoms with Crippen molar-refractivity contribution in [1.29, 1.82) is 0 Å². The Kier molecular flexibility index (Phi) is 4.12. The summed E-state index contributed by atoms with van der Waals surface area (Å²) >= 11 is 0. The third-order valence-corrected chi connectivity index (χ3v) is 6.90. The van der Waals surface area contributed by atoms with Crippen LogP contribution in [0, 0.1) is 0 Å². The van der Waals surface area contributed by atoms with E-state index in [1.165, 1.54) is 10.8 Å². The Morgan fingerprint density at radius 3 is 1.26 bits per heavy atom. The maximum atomic E-state index is 12.5. The largest absolute Gasteiger partial charge is 0.509 e. The Hall–Kier alpha value is -4.37. The molecule has 3 heteroatoms. The Bertz CT molecular complexity index is 1620. The molecule has 0 amide bonds. The number of fused-ring (bicyclic) bond motifs is 4. The minimum Gasteiger partial charge on any atom is -0.422 e. The van der Waals surface area contributed by atoms with Crippen LogP contribution in [-0.2, 0) is 9.47 Å².